The van der Waals surface area contributed by atoms with Crippen LogP contribution in [0.25, 0.3) is 11.3 Å². The molecule has 4 saturated carbocycles. The van der Waals surface area contributed by atoms with E-state index in [-0.39, 0.29) is 5.91 Å². The number of nitrogens with one attached hydrogen (secondary N) is 1. The van der Waals surface area contributed by atoms with Crippen LogP contribution in [0.3, 0.4) is 0 Å². The van der Waals surface area contributed by atoms with Crippen LogP contribution in [0.15, 0.2) is 36.5 Å². The molecule has 0 atom stereocenters. The highest BCUT2D eigenvalue weighted by Gasteiger charge is 2.51. The molecule has 4 fully saturated rings. The maximum atomic E-state index is 12.5. The van der Waals surface area contributed by atoms with Crippen molar-refractivity contribution in [1.29, 1.82) is 0 Å². The second kappa shape index (κ2) is 7.79. The zero-order valence-electron chi connectivity index (χ0n) is 18.2. The SMILES string of the molecule is CC(C)CC(=O)Nc1ncc(-c2ccccc2)nc1CC12CC3CC(CC(C3)C1)C2. The highest BCUT2D eigenvalue weighted by Crippen LogP contribution is 2.61. The molecule has 0 unspecified atom stereocenters. The quantitative estimate of drug-likeness (QED) is 0.654. The standard InChI is InChI=1S/C26H33N3O/c1-17(2)8-24(30)29-25-22(28-23(16-27-25)21-6-4-3-5-7-21)15-26-12-18-9-19(13-26)11-20(10-18)14-26/h3-7,16-20H,8-15H2,1-2H3,(H,27,29,30). The van der Waals surface area contributed by atoms with Crippen LogP contribution in [0.2, 0.25) is 0 Å². The molecule has 0 radical (unpaired) electrons. The average molecular weight is 404 g/mol. The zero-order chi connectivity index (χ0) is 20.7. The summed E-state index contributed by atoms with van der Waals surface area (Å²) in [5, 5.41) is 3.09. The van der Waals surface area contributed by atoms with Gasteiger partial charge in [0, 0.05) is 12.0 Å². The topological polar surface area (TPSA) is 54.9 Å². The number of carbonyl (C=O) groups excluding carboxylic acids is 1. The van der Waals surface area contributed by atoms with Gasteiger partial charge in [-0.05, 0) is 74.0 Å². The van der Waals surface area contributed by atoms with E-state index in [0.717, 1.165) is 41.1 Å². The summed E-state index contributed by atoms with van der Waals surface area (Å²) in [7, 11) is 0. The average Bonchev–Trinajstić information content (AvgIpc) is 2.68. The zero-order valence-corrected chi connectivity index (χ0v) is 18.2. The summed E-state index contributed by atoms with van der Waals surface area (Å²) in [6, 6.07) is 10.3. The lowest BCUT2D eigenvalue weighted by atomic mass is 9.48. The van der Waals surface area contributed by atoms with E-state index in [9.17, 15) is 4.79 Å². The van der Waals surface area contributed by atoms with Gasteiger partial charge in [-0.3, -0.25) is 4.79 Å². The summed E-state index contributed by atoms with van der Waals surface area (Å²) in [6.45, 7) is 4.14. The maximum absolute atomic E-state index is 12.5. The first kappa shape index (κ1) is 19.7. The summed E-state index contributed by atoms with van der Waals surface area (Å²) in [5.41, 5.74) is 3.32. The molecule has 0 spiro atoms. The van der Waals surface area contributed by atoms with Crippen molar-refractivity contribution in [2.24, 2.45) is 29.1 Å². The van der Waals surface area contributed by atoms with Crippen molar-refractivity contribution in [3.63, 3.8) is 0 Å². The Hall–Kier alpha value is -2.23. The maximum Gasteiger partial charge on any atom is 0.225 e. The molecule has 2 aromatic rings. The molecule has 4 aliphatic rings. The minimum atomic E-state index is 0.0403. The van der Waals surface area contributed by atoms with Gasteiger partial charge in [-0.15, -0.1) is 0 Å². The van der Waals surface area contributed by atoms with Crippen molar-refractivity contribution in [1.82, 2.24) is 9.97 Å². The summed E-state index contributed by atoms with van der Waals surface area (Å²) in [5.74, 6) is 3.75. The Balaban J connectivity index is 1.47. The molecule has 30 heavy (non-hydrogen) atoms. The molecule has 4 aliphatic carbocycles. The predicted molar refractivity (Wildman–Crippen MR) is 120 cm³/mol. The van der Waals surface area contributed by atoms with Crippen LogP contribution in [0.4, 0.5) is 5.82 Å². The highest BCUT2D eigenvalue weighted by molar-refractivity contribution is 5.90. The smallest absolute Gasteiger partial charge is 0.225 e. The molecule has 0 saturated heterocycles. The molecule has 6 rings (SSSR count). The summed E-state index contributed by atoms with van der Waals surface area (Å²) >= 11 is 0. The third-order valence-corrected chi connectivity index (χ3v) is 7.47. The van der Waals surface area contributed by atoms with E-state index in [1.165, 1.54) is 38.5 Å². The minimum absolute atomic E-state index is 0.0403. The van der Waals surface area contributed by atoms with E-state index in [1.807, 2.05) is 24.4 Å². The fraction of sp³-hybridized carbons (Fsp3) is 0.577. The third-order valence-electron chi connectivity index (χ3n) is 7.47. The highest BCUT2D eigenvalue weighted by atomic mass is 16.1. The molecule has 1 amide bonds. The third kappa shape index (κ3) is 4.01. The molecule has 0 aliphatic heterocycles. The van der Waals surface area contributed by atoms with Crippen LogP contribution in [-0.2, 0) is 11.2 Å². The summed E-state index contributed by atoms with van der Waals surface area (Å²) in [4.78, 5) is 22.3. The van der Waals surface area contributed by atoms with Gasteiger partial charge in [-0.25, -0.2) is 9.97 Å². The Morgan fingerprint density at radius 3 is 2.30 bits per heavy atom. The molecular weight excluding hydrogens is 370 g/mol. The Kier molecular flexibility index (Phi) is 5.12. The molecular formula is C26H33N3O. The second-order valence-corrected chi connectivity index (χ2v) is 10.7. The first-order chi connectivity index (χ1) is 14.5. The lowest BCUT2D eigenvalue weighted by Crippen LogP contribution is -2.47. The van der Waals surface area contributed by atoms with Crippen LogP contribution in [0.1, 0.15) is 64.5 Å². The lowest BCUT2D eigenvalue weighted by molar-refractivity contribution is -0.116. The Morgan fingerprint density at radius 2 is 1.70 bits per heavy atom. The van der Waals surface area contributed by atoms with Gasteiger partial charge in [0.25, 0.3) is 0 Å². The Bertz CT molecular complexity index is 886. The van der Waals surface area contributed by atoms with Crippen molar-refractivity contribution in [3.05, 3.63) is 42.2 Å². The number of amides is 1. The van der Waals surface area contributed by atoms with E-state index in [4.69, 9.17) is 9.97 Å². The number of aromatic nitrogens is 2. The van der Waals surface area contributed by atoms with Crippen LogP contribution < -0.4 is 5.32 Å². The number of benzene rings is 1. The molecule has 4 heteroatoms. The van der Waals surface area contributed by atoms with Gasteiger partial charge in [0.05, 0.1) is 17.6 Å². The fourth-order valence-electron chi connectivity index (χ4n) is 6.82. The summed E-state index contributed by atoms with van der Waals surface area (Å²) in [6.07, 6.45) is 11.6. The molecule has 1 aromatic heterocycles. The first-order valence-corrected chi connectivity index (χ1v) is 11.7. The van der Waals surface area contributed by atoms with Gasteiger partial charge in [-0.2, -0.15) is 0 Å². The van der Waals surface area contributed by atoms with Crippen molar-refractivity contribution in [2.45, 2.75) is 65.2 Å². The predicted octanol–water partition coefficient (Wildman–Crippen LogP) is 5.89. The Labute approximate surface area is 179 Å². The van der Waals surface area contributed by atoms with Crippen molar-refractivity contribution in [3.8, 4) is 11.3 Å². The van der Waals surface area contributed by atoms with E-state index in [0.29, 0.717) is 23.6 Å². The van der Waals surface area contributed by atoms with Gasteiger partial charge >= 0.3 is 0 Å². The van der Waals surface area contributed by atoms with Crippen LogP contribution in [0.5, 0.6) is 0 Å². The number of nitrogens with zero attached hydrogens (tertiary/aromatic N) is 2. The first-order valence-electron chi connectivity index (χ1n) is 11.7. The monoisotopic (exact) mass is 403 g/mol. The van der Waals surface area contributed by atoms with Crippen molar-refractivity contribution in [2.75, 3.05) is 5.32 Å². The van der Waals surface area contributed by atoms with Crippen LogP contribution in [-0.4, -0.2) is 15.9 Å². The van der Waals surface area contributed by atoms with Gasteiger partial charge in [0.15, 0.2) is 5.82 Å². The molecule has 1 aromatic carbocycles. The van der Waals surface area contributed by atoms with Crippen molar-refractivity contribution >= 4 is 11.7 Å². The van der Waals surface area contributed by atoms with Crippen LogP contribution in [0, 0.1) is 29.1 Å². The summed E-state index contributed by atoms with van der Waals surface area (Å²) < 4.78 is 0. The molecule has 158 valence electrons. The number of hydrogen-bond acceptors (Lipinski definition) is 3. The molecule has 4 nitrogen and oxygen atoms in total. The van der Waals surface area contributed by atoms with Gasteiger partial charge < -0.3 is 5.32 Å². The number of rotatable bonds is 6. The lowest BCUT2D eigenvalue weighted by Gasteiger charge is -2.57. The normalized spacial score (nSPS) is 29.4. The fourth-order valence-corrected chi connectivity index (χ4v) is 6.82. The molecule has 4 bridgehead atoms. The number of anilines is 1. The van der Waals surface area contributed by atoms with E-state index in [1.54, 1.807) is 0 Å². The number of hydrogen-bond donors (Lipinski definition) is 1. The van der Waals surface area contributed by atoms with Gasteiger partial charge in [-0.1, -0.05) is 44.2 Å². The van der Waals surface area contributed by atoms with Crippen molar-refractivity contribution < 1.29 is 4.79 Å². The van der Waals surface area contributed by atoms with E-state index in [2.05, 4.69) is 31.3 Å². The van der Waals surface area contributed by atoms with Crippen LogP contribution >= 0.6 is 0 Å². The second-order valence-electron chi connectivity index (χ2n) is 10.7. The molecule has 1 heterocycles. The van der Waals surface area contributed by atoms with E-state index < -0.39 is 0 Å². The largest absolute Gasteiger partial charge is 0.309 e. The van der Waals surface area contributed by atoms with E-state index >= 15 is 0 Å². The Morgan fingerprint density at radius 1 is 1.07 bits per heavy atom. The van der Waals surface area contributed by atoms with Gasteiger partial charge in [0.1, 0.15) is 0 Å². The van der Waals surface area contributed by atoms with Gasteiger partial charge in [0.2, 0.25) is 5.91 Å². The number of carbonyl (C=O) groups is 1. The molecule has 1 N–H and O–H groups in total. The minimum Gasteiger partial charge on any atom is -0.309 e.